The first-order valence-corrected chi connectivity index (χ1v) is 8.63. The second-order valence-electron chi connectivity index (χ2n) is 6.27. The number of hydrogen-bond acceptors (Lipinski definition) is 7. The zero-order valence-corrected chi connectivity index (χ0v) is 14.1. The van der Waals surface area contributed by atoms with E-state index in [0.29, 0.717) is 6.54 Å². The average molecular weight is 342 g/mol. The van der Waals surface area contributed by atoms with Gasteiger partial charge in [0, 0.05) is 51.7 Å². The van der Waals surface area contributed by atoms with Crippen molar-refractivity contribution in [2.45, 2.75) is 13.0 Å². The second-order valence-corrected chi connectivity index (χ2v) is 6.27. The SMILES string of the molecule is O=C(CN1CCN(c2ncccn2)CC1)Nc1cnn2c1NCCC2. The number of hydrogen-bond donors (Lipinski definition) is 2. The third-order valence-corrected chi connectivity index (χ3v) is 4.53. The molecule has 2 aromatic rings. The Morgan fingerprint density at radius 2 is 1.96 bits per heavy atom. The summed E-state index contributed by atoms with van der Waals surface area (Å²) in [6, 6.07) is 1.81. The van der Waals surface area contributed by atoms with E-state index >= 15 is 0 Å². The first-order valence-electron chi connectivity index (χ1n) is 8.63. The molecule has 1 fully saturated rings. The molecule has 2 aliphatic rings. The van der Waals surface area contributed by atoms with Crippen LogP contribution >= 0.6 is 0 Å². The van der Waals surface area contributed by atoms with Crippen molar-refractivity contribution in [3.63, 3.8) is 0 Å². The monoisotopic (exact) mass is 342 g/mol. The van der Waals surface area contributed by atoms with Gasteiger partial charge in [-0.15, -0.1) is 0 Å². The second kappa shape index (κ2) is 7.06. The number of aromatic nitrogens is 4. The largest absolute Gasteiger partial charge is 0.368 e. The van der Waals surface area contributed by atoms with E-state index < -0.39 is 0 Å². The van der Waals surface area contributed by atoms with Crippen LogP contribution in [0.1, 0.15) is 6.42 Å². The van der Waals surface area contributed by atoms with Gasteiger partial charge in [0.2, 0.25) is 11.9 Å². The van der Waals surface area contributed by atoms with Crippen molar-refractivity contribution in [1.29, 1.82) is 0 Å². The Kier molecular flexibility index (Phi) is 4.47. The molecular formula is C16H22N8O. The maximum absolute atomic E-state index is 12.4. The molecule has 1 amide bonds. The van der Waals surface area contributed by atoms with Crippen molar-refractivity contribution in [2.75, 3.05) is 54.8 Å². The summed E-state index contributed by atoms with van der Waals surface area (Å²) in [7, 11) is 0. The number of aryl methyl sites for hydroxylation is 1. The molecule has 2 aromatic heterocycles. The summed E-state index contributed by atoms with van der Waals surface area (Å²) in [5.41, 5.74) is 0.765. The lowest BCUT2D eigenvalue weighted by Crippen LogP contribution is -2.49. The summed E-state index contributed by atoms with van der Waals surface area (Å²) in [6.45, 7) is 5.46. The molecule has 1 saturated heterocycles. The normalized spacial score (nSPS) is 17.7. The minimum absolute atomic E-state index is 0.00687. The zero-order chi connectivity index (χ0) is 17.1. The number of rotatable bonds is 4. The van der Waals surface area contributed by atoms with Gasteiger partial charge in [-0.05, 0) is 12.5 Å². The van der Waals surface area contributed by atoms with E-state index in [4.69, 9.17) is 0 Å². The predicted octanol–water partition coefficient (Wildman–Crippen LogP) is 0.249. The molecule has 9 nitrogen and oxygen atoms in total. The van der Waals surface area contributed by atoms with E-state index in [1.54, 1.807) is 18.6 Å². The first kappa shape index (κ1) is 15.8. The minimum atomic E-state index is -0.00687. The van der Waals surface area contributed by atoms with Gasteiger partial charge in [-0.2, -0.15) is 5.10 Å². The first-order chi connectivity index (χ1) is 12.3. The topological polar surface area (TPSA) is 91.2 Å². The third-order valence-electron chi connectivity index (χ3n) is 4.53. The van der Waals surface area contributed by atoms with E-state index in [9.17, 15) is 4.79 Å². The summed E-state index contributed by atoms with van der Waals surface area (Å²) in [4.78, 5) is 25.2. The van der Waals surface area contributed by atoms with E-state index in [1.165, 1.54) is 0 Å². The Labute approximate surface area is 146 Å². The van der Waals surface area contributed by atoms with E-state index in [0.717, 1.165) is 63.1 Å². The number of nitrogens with zero attached hydrogens (tertiary/aromatic N) is 6. The molecule has 2 aliphatic heterocycles. The van der Waals surface area contributed by atoms with Crippen LogP contribution in [0.5, 0.6) is 0 Å². The van der Waals surface area contributed by atoms with Crippen molar-refractivity contribution in [3.05, 3.63) is 24.7 Å². The summed E-state index contributed by atoms with van der Waals surface area (Å²) in [5.74, 6) is 1.66. The van der Waals surface area contributed by atoms with Crippen LogP contribution in [0, 0.1) is 0 Å². The molecule has 0 unspecified atom stereocenters. The highest BCUT2D eigenvalue weighted by atomic mass is 16.2. The molecule has 0 aromatic carbocycles. The molecule has 25 heavy (non-hydrogen) atoms. The zero-order valence-electron chi connectivity index (χ0n) is 14.1. The summed E-state index contributed by atoms with van der Waals surface area (Å²) >= 11 is 0. The Morgan fingerprint density at radius 1 is 1.16 bits per heavy atom. The van der Waals surface area contributed by atoms with Crippen molar-refractivity contribution >= 4 is 23.4 Å². The van der Waals surface area contributed by atoms with Gasteiger partial charge in [-0.25, -0.2) is 14.6 Å². The molecule has 132 valence electrons. The Bertz CT molecular complexity index is 723. The molecule has 2 N–H and O–H groups in total. The summed E-state index contributed by atoms with van der Waals surface area (Å²) in [6.07, 6.45) is 6.28. The number of carbonyl (C=O) groups is 1. The van der Waals surface area contributed by atoms with Crippen LogP contribution in [0.3, 0.4) is 0 Å². The fourth-order valence-electron chi connectivity index (χ4n) is 3.22. The number of fused-ring (bicyclic) bond motifs is 1. The van der Waals surface area contributed by atoms with Crippen molar-refractivity contribution in [1.82, 2.24) is 24.6 Å². The fourth-order valence-corrected chi connectivity index (χ4v) is 3.22. The van der Waals surface area contributed by atoms with Gasteiger partial charge >= 0.3 is 0 Å². The van der Waals surface area contributed by atoms with Gasteiger partial charge < -0.3 is 15.5 Å². The standard InChI is InChI=1S/C16H22N8O/c25-14(21-13-11-20-24-6-2-5-17-15(13)24)12-22-7-9-23(10-8-22)16-18-3-1-4-19-16/h1,3-4,11,17H,2,5-10,12H2,(H,21,25). The fraction of sp³-hybridized carbons (Fsp3) is 0.500. The van der Waals surface area contributed by atoms with Crippen LogP contribution < -0.4 is 15.5 Å². The lowest BCUT2D eigenvalue weighted by Gasteiger charge is -2.34. The molecule has 0 radical (unpaired) electrons. The van der Waals surface area contributed by atoms with Crippen LogP contribution in [0.25, 0.3) is 0 Å². The van der Waals surface area contributed by atoms with Gasteiger partial charge in [-0.3, -0.25) is 9.69 Å². The van der Waals surface area contributed by atoms with Gasteiger partial charge in [0.25, 0.3) is 0 Å². The number of nitrogens with one attached hydrogen (secondary N) is 2. The van der Waals surface area contributed by atoms with Crippen molar-refractivity contribution in [2.24, 2.45) is 0 Å². The lowest BCUT2D eigenvalue weighted by molar-refractivity contribution is -0.117. The molecule has 0 bridgehead atoms. The molecule has 0 atom stereocenters. The number of carbonyl (C=O) groups excluding carboxylic acids is 1. The number of piperazine rings is 1. The molecular weight excluding hydrogens is 320 g/mol. The Morgan fingerprint density at radius 3 is 2.76 bits per heavy atom. The molecule has 0 spiro atoms. The third kappa shape index (κ3) is 3.55. The number of anilines is 3. The minimum Gasteiger partial charge on any atom is -0.368 e. The molecule has 4 heterocycles. The quantitative estimate of drug-likeness (QED) is 0.823. The van der Waals surface area contributed by atoms with Crippen LogP contribution in [0.2, 0.25) is 0 Å². The predicted molar refractivity (Wildman–Crippen MR) is 94.6 cm³/mol. The van der Waals surface area contributed by atoms with Crippen molar-refractivity contribution < 1.29 is 4.79 Å². The lowest BCUT2D eigenvalue weighted by atomic mass is 10.3. The van der Waals surface area contributed by atoms with Crippen LogP contribution in [0.4, 0.5) is 17.5 Å². The molecule has 9 heteroatoms. The Hall–Kier alpha value is -2.68. The van der Waals surface area contributed by atoms with E-state index in [1.807, 2.05) is 10.7 Å². The van der Waals surface area contributed by atoms with Gasteiger partial charge in [0.05, 0.1) is 12.7 Å². The van der Waals surface area contributed by atoms with Crippen LogP contribution in [-0.4, -0.2) is 69.8 Å². The van der Waals surface area contributed by atoms with E-state index in [-0.39, 0.29) is 5.91 Å². The maximum Gasteiger partial charge on any atom is 0.238 e. The van der Waals surface area contributed by atoms with Gasteiger partial charge in [-0.1, -0.05) is 0 Å². The smallest absolute Gasteiger partial charge is 0.238 e. The highest BCUT2D eigenvalue weighted by Crippen LogP contribution is 2.24. The molecule has 4 rings (SSSR count). The van der Waals surface area contributed by atoms with Gasteiger partial charge in [0.15, 0.2) is 0 Å². The molecule has 0 saturated carbocycles. The van der Waals surface area contributed by atoms with Crippen LogP contribution in [-0.2, 0) is 11.3 Å². The van der Waals surface area contributed by atoms with Crippen LogP contribution in [0.15, 0.2) is 24.7 Å². The molecule has 0 aliphatic carbocycles. The number of amides is 1. The summed E-state index contributed by atoms with van der Waals surface area (Å²) < 4.78 is 1.90. The van der Waals surface area contributed by atoms with Crippen molar-refractivity contribution in [3.8, 4) is 0 Å². The summed E-state index contributed by atoms with van der Waals surface area (Å²) in [5, 5.41) is 10.6. The highest BCUT2D eigenvalue weighted by molar-refractivity contribution is 5.94. The maximum atomic E-state index is 12.4. The average Bonchev–Trinajstić information content (AvgIpc) is 3.06. The van der Waals surface area contributed by atoms with Gasteiger partial charge in [0.1, 0.15) is 11.5 Å². The highest BCUT2D eigenvalue weighted by Gasteiger charge is 2.22. The van der Waals surface area contributed by atoms with E-state index in [2.05, 4.69) is 35.5 Å². The Balaban J connectivity index is 1.29.